The number of nitrogens with zero attached hydrogens (tertiary/aromatic N) is 3. The normalized spacial score (nSPS) is 21.5. The molecule has 2 fully saturated rings. The van der Waals surface area contributed by atoms with Crippen LogP contribution in [-0.2, 0) is 16.1 Å². The van der Waals surface area contributed by atoms with Crippen LogP contribution >= 0.6 is 0 Å². The second-order valence-corrected chi connectivity index (χ2v) is 11.0. The van der Waals surface area contributed by atoms with Gasteiger partial charge in [-0.05, 0) is 50.6 Å². The molecule has 0 aliphatic carbocycles. The summed E-state index contributed by atoms with van der Waals surface area (Å²) in [4.78, 5) is 41.5. The standard InChI is InChI=1S/C29H38N4O6/c1-21-5-9-25(10-6-21)39-20-29(37)18-31(13-14-32(19-29)22(2)34)17-23-7-11-24(12-8-23)38-16-15-33-26(35)28(3,4)30-27(33)36/h5-12,37H,13-20H2,1-4H3,(H,30,36)/t29-/m1/s1. The Hall–Kier alpha value is -3.63. The molecule has 2 aromatic carbocycles. The molecule has 39 heavy (non-hydrogen) atoms. The van der Waals surface area contributed by atoms with Crippen molar-refractivity contribution in [2.24, 2.45) is 0 Å². The van der Waals surface area contributed by atoms with Crippen molar-refractivity contribution >= 4 is 17.8 Å². The van der Waals surface area contributed by atoms with Crippen LogP contribution in [0.1, 0.15) is 31.9 Å². The third-order valence-corrected chi connectivity index (χ3v) is 7.02. The molecule has 2 heterocycles. The van der Waals surface area contributed by atoms with Gasteiger partial charge in [0, 0.05) is 33.1 Å². The van der Waals surface area contributed by atoms with Crippen LogP contribution in [0.15, 0.2) is 48.5 Å². The third kappa shape index (κ3) is 7.27. The monoisotopic (exact) mass is 538 g/mol. The minimum Gasteiger partial charge on any atom is -0.492 e. The first-order chi connectivity index (χ1) is 18.4. The summed E-state index contributed by atoms with van der Waals surface area (Å²) in [5.74, 6) is 0.958. The summed E-state index contributed by atoms with van der Waals surface area (Å²) < 4.78 is 11.7. The molecule has 4 rings (SSSR count). The van der Waals surface area contributed by atoms with Gasteiger partial charge in [0.2, 0.25) is 5.91 Å². The number of carbonyl (C=O) groups excluding carboxylic acids is 3. The maximum atomic E-state index is 12.3. The Morgan fingerprint density at radius 1 is 0.974 bits per heavy atom. The number of aryl methyl sites for hydroxylation is 1. The number of urea groups is 1. The lowest BCUT2D eigenvalue weighted by Gasteiger charge is -2.32. The zero-order valence-electron chi connectivity index (χ0n) is 23.1. The predicted molar refractivity (Wildman–Crippen MR) is 145 cm³/mol. The van der Waals surface area contributed by atoms with Gasteiger partial charge in [-0.3, -0.25) is 19.4 Å². The van der Waals surface area contributed by atoms with Gasteiger partial charge in [0.15, 0.2) is 0 Å². The first-order valence-electron chi connectivity index (χ1n) is 13.2. The van der Waals surface area contributed by atoms with Gasteiger partial charge in [0.05, 0.1) is 13.1 Å². The largest absolute Gasteiger partial charge is 0.492 e. The zero-order valence-corrected chi connectivity index (χ0v) is 23.1. The van der Waals surface area contributed by atoms with Crippen LogP contribution in [-0.4, -0.2) is 94.7 Å². The van der Waals surface area contributed by atoms with Crippen LogP contribution in [0.25, 0.3) is 0 Å². The highest BCUT2D eigenvalue weighted by Crippen LogP contribution is 2.22. The topological polar surface area (TPSA) is 112 Å². The molecule has 10 nitrogen and oxygen atoms in total. The molecule has 2 N–H and O–H groups in total. The van der Waals surface area contributed by atoms with E-state index in [1.54, 1.807) is 18.7 Å². The maximum absolute atomic E-state index is 12.3. The number of ether oxygens (including phenoxy) is 2. The fourth-order valence-electron chi connectivity index (χ4n) is 4.81. The van der Waals surface area contributed by atoms with E-state index in [9.17, 15) is 19.5 Å². The molecule has 4 amide bonds. The highest BCUT2D eigenvalue weighted by atomic mass is 16.5. The zero-order chi connectivity index (χ0) is 28.2. The molecule has 0 bridgehead atoms. The van der Waals surface area contributed by atoms with E-state index < -0.39 is 17.2 Å². The second kappa shape index (κ2) is 11.6. The highest BCUT2D eigenvalue weighted by molar-refractivity contribution is 6.06. The minimum atomic E-state index is -1.23. The molecule has 2 aliphatic rings. The Bertz CT molecular complexity index is 1180. The van der Waals surface area contributed by atoms with Crippen LogP contribution in [0.2, 0.25) is 0 Å². The smallest absolute Gasteiger partial charge is 0.325 e. The molecule has 0 unspecified atom stereocenters. The summed E-state index contributed by atoms with van der Waals surface area (Å²) in [6, 6.07) is 14.8. The Balaban J connectivity index is 1.33. The van der Waals surface area contributed by atoms with Crippen molar-refractivity contribution in [1.82, 2.24) is 20.0 Å². The van der Waals surface area contributed by atoms with Crippen LogP contribution in [0.5, 0.6) is 11.5 Å². The number of hydrogen-bond acceptors (Lipinski definition) is 7. The third-order valence-electron chi connectivity index (χ3n) is 7.02. The molecule has 2 aliphatic heterocycles. The van der Waals surface area contributed by atoms with Gasteiger partial charge in [-0.15, -0.1) is 0 Å². The summed E-state index contributed by atoms with van der Waals surface area (Å²) >= 11 is 0. The van der Waals surface area contributed by atoms with Crippen LogP contribution in [0, 0.1) is 6.92 Å². The summed E-state index contributed by atoms with van der Waals surface area (Å²) in [7, 11) is 0. The second-order valence-electron chi connectivity index (χ2n) is 11.0. The molecule has 210 valence electrons. The SMILES string of the molecule is CC(=O)N1CCN(Cc2ccc(OCCN3C(=O)NC(C)(C)C3=O)cc2)C[C@](O)(COc2ccc(C)cc2)C1. The van der Waals surface area contributed by atoms with E-state index in [4.69, 9.17) is 9.47 Å². The number of carbonyl (C=O) groups is 3. The fourth-order valence-corrected chi connectivity index (χ4v) is 4.81. The lowest BCUT2D eigenvalue weighted by molar-refractivity contribution is -0.132. The average molecular weight is 539 g/mol. The van der Waals surface area contributed by atoms with Gasteiger partial charge in [-0.25, -0.2) is 4.79 Å². The number of nitrogens with one attached hydrogen (secondary N) is 1. The molecule has 0 radical (unpaired) electrons. The number of amides is 4. The molecular weight excluding hydrogens is 500 g/mol. The van der Waals surface area contributed by atoms with Crippen molar-refractivity contribution in [2.75, 3.05) is 45.9 Å². The summed E-state index contributed by atoms with van der Waals surface area (Å²) in [5.41, 5.74) is 0.0199. The summed E-state index contributed by atoms with van der Waals surface area (Å²) in [5, 5.41) is 14.2. The van der Waals surface area contributed by atoms with Crippen LogP contribution < -0.4 is 14.8 Å². The van der Waals surface area contributed by atoms with Crippen molar-refractivity contribution in [2.45, 2.75) is 45.4 Å². The number of benzene rings is 2. The van der Waals surface area contributed by atoms with E-state index >= 15 is 0 Å². The summed E-state index contributed by atoms with van der Waals surface area (Å²) in [6.07, 6.45) is 0. The number of aliphatic hydroxyl groups is 1. The molecule has 1 atom stereocenters. The Labute approximate surface area is 229 Å². The molecule has 2 saturated heterocycles. The van der Waals surface area contributed by atoms with E-state index in [0.29, 0.717) is 37.7 Å². The lowest BCUT2D eigenvalue weighted by atomic mass is 10.0. The van der Waals surface area contributed by atoms with Gasteiger partial charge in [0.1, 0.15) is 35.9 Å². The van der Waals surface area contributed by atoms with Gasteiger partial charge >= 0.3 is 6.03 Å². The van der Waals surface area contributed by atoms with Gasteiger partial charge < -0.3 is 24.8 Å². The highest BCUT2D eigenvalue weighted by Gasteiger charge is 2.44. The van der Waals surface area contributed by atoms with Gasteiger partial charge in [-0.1, -0.05) is 29.8 Å². The van der Waals surface area contributed by atoms with E-state index in [-0.39, 0.29) is 38.1 Å². The van der Waals surface area contributed by atoms with E-state index in [2.05, 4.69) is 10.2 Å². The number of hydrogen-bond donors (Lipinski definition) is 2. The minimum absolute atomic E-state index is 0.0673. The Morgan fingerprint density at radius 2 is 1.62 bits per heavy atom. The maximum Gasteiger partial charge on any atom is 0.325 e. The van der Waals surface area contributed by atoms with Crippen molar-refractivity contribution in [3.8, 4) is 11.5 Å². The van der Waals surface area contributed by atoms with Crippen molar-refractivity contribution in [3.63, 3.8) is 0 Å². The average Bonchev–Trinajstić information content (AvgIpc) is 2.99. The molecule has 10 heteroatoms. The van der Waals surface area contributed by atoms with Crippen molar-refractivity contribution < 1.29 is 29.0 Å². The molecule has 0 spiro atoms. The van der Waals surface area contributed by atoms with Crippen LogP contribution in [0.3, 0.4) is 0 Å². The molecular formula is C29H38N4O6. The Morgan fingerprint density at radius 3 is 2.23 bits per heavy atom. The fraction of sp³-hybridized carbons (Fsp3) is 0.483. The molecule has 0 aromatic heterocycles. The van der Waals surface area contributed by atoms with E-state index in [0.717, 1.165) is 11.1 Å². The number of rotatable bonds is 9. The van der Waals surface area contributed by atoms with E-state index in [1.165, 1.54) is 11.8 Å². The number of imide groups is 1. The van der Waals surface area contributed by atoms with Crippen molar-refractivity contribution in [3.05, 3.63) is 59.7 Å². The number of β-amino-alcohol motifs (C(OH)–C–C–N with tert-alkyl or cyclic N) is 1. The van der Waals surface area contributed by atoms with Crippen LogP contribution in [0.4, 0.5) is 4.79 Å². The van der Waals surface area contributed by atoms with Gasteiger partial charge in [0.25, 0.3) is 5.91 Å². The first kappa shape index (κ1) is 28.4. The predicted octanol–water partition coefficient (Wildman–Crippen LogP) is 2.18. The Kier molecular flexibility index (Phi) is 8.46. The lowest BCUT2D eigenvalue weighted by Crippen LogP contribution is -2.51. The first-order valence-corrected chi connectivity index (χ1v) is 13.2. The van der Waals surface area contributed by atoms with Crippen molar-refractivity contribution in [1.29, 1.82) is 0 Å². The van der Waals surface area contributed by atoms with Gasteiger partial charge in [-0.2, -0.15) is 0 Å². The summed E-state index contributed by atoms with van der Waals surface area (Å²) in [6.45, 7) is 9.55. The molecule has 2 aromatic rings. The van der Waals surface area contributed by atoms with E-state index in [1.807, 2.05) is 55.5 Å². The quantitative estimate of drug-likeness (QED) is 0.471. The molecule has 0 saturated carbocycles.